The van der Waals surface area contributed by atoms with Crippen LogP contribution >= 0.6 is 0 Å². The molecule has 1 N–H and O–H groups in total. The fraction of sp³-hybridized carbons (Fsp3) is 0.429. The molecule has 2 heterocycles. The average molecular weight is 416 g/mol. The van der Waals surface area contributed by atoms with Crippen LogP contribution < -0.4 is 19.5 Å². The van der Waals surface area contributed by atoms with Crippen molar-refractivity contribution in [3.8, 4) is 17.2 Å². The topological polar surface area (TPSA) is 88.8 Å². The van der Waals surface area contributed by atoms with Gasteiger partial charge in [0.1, 0.15) is 17.2 Å². The second-order valence-electron chi connectivity index (χ2n) is 6.67. The molecule has 1 aromatic heterocycles. The van der Waals surface area contributed by atoms with Gasteiger partial charge in [0.05, 0.1) is 39.7 Å². The first-order chi connectivity index (χ1) is 14.6. The molecule has 0 unspecified atom stereocenters. The van der Waals surface area contributed by atoms with E-state index in [2.05, 4.69) is 15.2 Å². The number of nitrogens with one attached hydrogen (secondary N) is 1. The summed E-state index contributed by atoms with van der Waals surface area (Å²) in [5.41, 5.74) is 0.869. The van der Waals surface area contributed by atoms with Crippen LogP contribution in [0.1, 0.15) is 16.1 Å². The normalized spacial score (nSPS) is 14.5. The smallest absolute Gasteiger partial charge is 0.289 e. The second-order valence-corrected chi connectivity index (χ2v) is 6.67. The van der Waals surface area contributed by atoms with Crippen molar-refractivity contribution in [3.05, 3.63) is 41.9 Å². The molecule has 9 nitrogen and oxygen atoms in total. The molecule has 0 saturated carbocycles. The largest absolute Gasteiger partial charge is 0.496 e. The van der Waals surface area contributed by atoms with Crippen molar-refractivity contribution in [3.63, 3.8) is 0 Å². The molecule has 162 valence electrons. The van der Waals surface area contributed by atoms with Gasteiger partial charge in [0.15, 0.2) is 11.7 Å². The standard InChI is InChI=1S/C21H28N4O5/c1-22-21(23-14-16-18(28-3)12-15(27-2)13-19(16)29-4)25-9-7-24(8-10-25)20(26)17-6-5-11-30-17/h5-6,11-13H,7-10,14H2,1-4H3,(H,22,23). The highest BCUT2D eigenvalue weighted by molar-refractivity contribution is 5.91. The van der Waals surface area contributed by atoms with Crippen LogP contribution in [0.5, 0.6) is 17.2 Å². The summed E-state index contributed by atoms with van der Waals surface area (Å²) in [7, 11) is 6.57. The van der Waals surface area contributed by atoms with Gasteiger partial charge in [-0.25, -0.2) is 0 Å². The zero-order valence-corrected chi connectivity index (χ0v) is 17.8. The maximum atomic E-state index is 12.4. The minimum Gasteiger partial charge on any atom is -0.496 e. The lowest BCUT2D eigenvalue weighted by Crippen LogP contribution is -2.53. The van der Waals surface area contributed by atoms with Gasteiger partial charge < -0.3 is 33.7 Å². The van der Waals surface area contributed by atoms with Crippen LogP contribution in [0.3, 0.4) is 0 Å². The fourth-order valence-electron chi connectivity index (χ4n) is 3.43. The highest BCUT2D eigenvalue weighted by Crippen LogP contribution is 2.33. The monoisotopic (exact) mass is 416 g/mol. The van der Waals surface area contributed by atoms with Gasteiger partial charge in [-0.05, 0) is 12.1 Å². The summed E-state index contributed by atoms with van der Waals surface area (Å²) < 4.78 is 21.5. The molecule has 3 rings (SSSR count). The first-order valence-corrected chi connectivity index (χ1v) is 9.68. The molecule has 30 heavy (non-hydrogen) atoms. The molecule has 1 amide bonds. The lowest BCUT2D eigenvalue weighted by atomic mass is 10.1. The quantitative estimate of drug-likeness (QED) is 0.568. The number of methoxy groups -OCH3 is 3. The van der Waals surface area contributed by atoms with E-state index < -0.39 is 0 Å². The molecule has 1 aliphatic heterocycles. The number of aliphatic imine (C=N–C) groups is 1. The van der Waals surface area contributed by atoms with E-state index in [-0.39, 0.29) is 5.91 Å². The molecular weight excluding hydrogens is 388 g/mol. The summed E-state index contributed by atoms with van der Waals surface area (Å²) in [6.45, 7) is 2.99. The number of nitrogens with zero attached hydrogens (tertiary/aromatic N) is 3. The first kappa shape index (κ1) is 21.4. The number of furan rings is 1. The molecular formula is C21H28N4O5. The fourth-order valence-corrected chi connectivity index (χ4v) is 3.43. The molecule has 1 aliphatic rings. The Morgan fingerprint density at radius 2 is 1.70 bits per heavy atom. The number of rotatable bonds is 6. The predicted octanol–water partition coefficient (Wildman–Crippen LogP) is 1.84. The third-order valence-electron chi connectivity index (χ3n) is 5.05. The highest BCUT2D eigenvalue weighted by Gasteiger charge is 2.25. The van der Waals surface area contributed by atoms with E-state index in [1.54, 1.807) is 45.4 Å². The van der Waals surface area contributed by atoms with Gasteiger partial charge in [0, 0.05) is 45.4 Å². The Balaban J connectivity index is 1.63. The van der Waals surface area contributed by atoms with Crippen LogP contribution in [0.2, 0.25) is 0 Å². The van der Waals surface area contributed by atoms with Gasteiger partial charge in [0.2, 0.25) is 0 Å². The number of piperazine rings is 1. The van der Waals surface area contributed by atoms with E-state index in [1.807, 2.05) is 12.1 Å². The van der Waals surface area contributed by atoms with Crippen LogP contribution in [-0.2, 0) is 6.54 Å². The number of amides is 1. The molecule has 9 heteroatoms. The summed E-state index contributed by atoms with van der Waals surface area (Å²) in [6, 6.07) is 7.05. The number of carbonyl (C=O) groups excluding carboxylic acids is 1. The predicted molar refractivity (Wildman–Crippen MR) is 112 cm³/mol. The molecule has 0 atom stereocenters. The minimum atomic E-state index is -0.0877. The number of carbonyl (C=O) groups is 1. The summed E-state index contributed by atoms with van der Waals surface area (Å²) in [4.78, 5) is 20.7. The summed E-state index contributed by atoms with van der Waals surface area (Å²) in [5, 5.41) is 3.37. The van der Waals surface area contributed by atoms with E-state index in [0.29, 0.717) is 55.7 Å². The van der Waals surface area contributed by atoms with Crippen LogP contribution in [0.15, 0.2) is 39.9 Å². The molecule has 1 fully saturated rings. The maximum absolute atomic E-state index is 12.4. The summed E-state index contributed by atoms with van der Waals surface area (Å²) >= 11 is 0. The van der Waals surface area contributed by atoms with E-state index >= 15 is 0 Å². The van der Waals surface area contributed by atoms with Crippen LogP contribution in [0, 0.1) is 0 Å². The molecule has 0 aliphatic carbocycles. The van der Waals surface area contributed by atoms with Crippen molar-refractivity contribution >= 4 is 11.9 Å². The summed E-state index contributed by atoms with van der Waals surface area (Å²) in [5.74, 6) is 3.03. The number of guanidine groups is 1. The number of benzene rings is 1. The Kier molecular flexibility index (Phi) is 7.05. The van der Waals surface area contributed by atoms with Crippen LogP contribution in [-0.4, -0.2) is 76.2 Å². The molecule has 0 spiro atoms. The average Bonchev–Trinajstić information content (AvgIpc) is 3.34. The minimum absolute atomic E-state index is 0.0877. The molecule has 0 radical (unpaired) electrons. The van der Waals surface area contributed by atoms with Gasteiger partial charge in [-0.15, -0.1) is 0 Å². The van der Waals surface area contributed by atoms with Crippen LogP contribution in [0.4, 0.5) is 0 Å². The van der Waals surface area contributed by atoms with Crippen molar-refractivity contribution in [2.45, 2.75) is 6.54 Å². The van der Waals surface area contributed by atoms with Crippen molar-refractivity contribution in [2.75, 3.05) is 54.6 Å². The van der Waals surface area contributed by atoms with Gasteiger partial charge in [-0.1, -0.05) is 0 Å². The van der Waals surface area contributed by atoms with E-state index in [0.717, 1.165) is 11.5 Å². The van der Waals surface area contributed by atoms with Crippen molar-refractivity contribution < 1.29 is 23.4 Å². The van der Waals surface area contributed by atoms with Gasteiger partial charge in [-0.3, -0.25) is 9.79 Å². The van der Waals surface area contributed by atoms with E-state index in [9.17, 15) is 4.79 Å². The Morgan fingerprint density at radius 3 is 2.20 bits per heavy atom. The molecule has 2 aromatic rings. The Morgan fingerprint density at radius 1 is 1.07 bits per heavy atom. The molecule has 1 saturated heterocycles. The Hall–Kier alpha value is -3.36. The zero-order chi connectivity index (χ0) is 21.5. The summed E-state index contributed by atoms with van der Waals surface area (Å²) in [6.07, 6.45) is 1.51. The Labute approximate surface area is 176 Å². The Bertz CT molecular complexity index is 849. The lowest BCUT2D eigenvalue weighted by Gasteiger charge is -2.36. The number of ether oxygens (including phenoxy) is 3. The zero-order valence-electron chi connectivity index (χ0n) is 17.8. The molecule has 0 bridgehead atoms. The highest BCUT2D eigenvalue weighted by atomic mass is 16.5. The number of hydrogen-bond acceptors (Lipinski definition) is 6. The maximum Gasteiger partial charge on any atom is 0.289 e. The number of hydrogen-bond donors (Lipinski definition) is 1. The van der Waals surface area contributed by atoms with Gasteiger partial charge in [-0.2, -0.15) is 0 Å². The first-order valence-electron chi connectivity index (χ1n) is 9.68. The van der Waals surface area contributed by atoms with E-state index in [1.165, 1.54) is 6.26 Å². The lowest BCUT2D eigenvalue weighted by molar-refractivity contribution is 0.0657. The van der Waals surface area contributed by atoms with Crippen LogP contribution in [0.25, 0.3) is 0 Å². The van der Waals surface area contributed by atoms with Gasteiger partial charge in [0.25, 0.3) is 5.91 Å². The third-order valence-corrected chi connectivity index (χ3v) is 5.05. The SMILES string of the molecule is CN=C(NCc1c(OC)cc(OC)cc1OC)N1CCN(C(=O)c2ccco2)CC1. The second kappa shape index (κ2) is 9.91. The third kappa shape index (κ3) is 4.61. The van der Waals surface area contributed by atoms with Crippen molar-refractivity contribution in [2.24, 2.45) is 4.99 Å². The van der Waals surface area contributed by atoms with E-state index in [4.69, 9.17) is 18.6 Å². The van der Waals surface area contributed by atoms with Gasteiger partial charge >= 0.3 is 0 Å². The van der Waals surface area contributed by atoms with Crippen molar-refractivity contribution in [1.29, 1.82) is 0 Å². The van der Waals surface area contributed by atoms with Crippen molar-refractivity contribution in [1.82, 2.24) is 15.1 Å². The molecule has 1 aromatic carbocycles.